The number of aromatic nitrogens is 4. The molecule has 6 nitrogen and oxygen atoms in total. The molecule has 0 aliphatic heterocycles. The van der Waals surface area contributed by atoms with Gasteiger partial charge in [0, 0.05) is 31.8 Å². The highest BCUT2D eigenvalue weighted by molar-refractivity contribution is 5.90. The van der Waals surface area contributed by atoms with E-state index in [0.29, 0.717) is 13.2 Å². The van der Waals surface area contributed by atoms with Crippen LogP contribution in [0.15, 0.2) is 18.2 Å². The quantitative estimate of drug-likeness (QED) is 0.466. The van der Waals surface area contributed by atoms with Gasteiger partial charge in [0.25, 0.3) is 0 Å². The Hall–Kier alpha value is -2.70. The van der Waals surface area contributed by atoms with Gasteiger partial charge in [-0.1, -0.05) is 17.7 Å². The van der Waals surface area contributed by atoms with E-state index in [1.165, 1.54) is 22.3 Å². The Morgan fingerprint density at radius 2 is 1.57 bits per heavy atom. The maximum atomic E-state index is 5.46. The monoisotopic (exact) mass is 406 g/mol. The van der Waals surface area contributed by atoms with E-state index < -0.39 is 0 Å². The first-order valence-electron chi connectivity index (χ1n) is 10.3. The van der Waals surface area contributed by atoms with Crippen LogP contribution in [0, 0.1) is 34.6 Å². The Morgan fingerprint density at radius 3 is 2.20 bits per heavy atom. The van der Waals surface area contributed by atoms with Crippen molar-refractivity contribution in [1.29, 1.82) is 0 Å². The number of rotatable bonds is 6. The predicted molar refractivity (Wildman–Crippen MR) is 120 cm³/mol. The number of ether oxygens (including phenoxy) is 2. The molecule has 1 aromatic carbocycles. The largest absolute Gasteiger partial charge is 0.383 e. The molecule has 0 bridgehead atoms. The van der Waals surface area contributed by atoms with Gasteiger partial charge in [0.05, 0.1) is 30.2 Å². The van der Waals surface area contributed by atoms with Gasteiger partial charge in [-0.15, -0.1) is 0 Å². The zero-order chi connectivity index (χ0) is 21.6. The summed E-state index contributed by atoms with van der Waals surface area (Å²) in [6.07, 6.45) is 0. The smallest absolute Gasteiger partial charge is 0.165 e. The van der Waals surface area contributed by atoms with Gasteiger partial charge in [-0.05, 0) is 57.4 Å². The van der Waals surface area contributed by atoms with E-state index in [1.54, 1.807) is 14.2 Å². The number of hydrogen-bond donors (Lipinski definition) is 0. The summed E-state index contributed by atoms with van der Waals surface area (Å²) < 4.78 is 15.1. The molecule has 0 radical (unpaired) electrons. The van der Waals surface area contributed by atoms with Crippen molar-refractivity contribution in [1.82, 2.24) is 19.2 Å². The Morgan fingerprint density at radius 1 is 0.867 bits per heavy atom. The van der Waals surface area contributed by atoms with Gasteiger partial charge in [-0.25, -0.2) is 4.98 Å². The molecular weight excluding hydrogens is 376 g/mol. The molecule has 0 saturated carbocycles. The summed E-state index contributed by atoms with van der Waals surface area (Å²) in [5, 5.41) is 6.05. The molecule has 30 heavy (non-hydrogen) atoms. The van der Waals surface area contributed by atoms with Gasteiger partial charge >= 0.3 is 0 Å². The summed E-state index contributed by atoms with van der Waals surface area (Å²) in [7, 11) is 3.45. The third-order valence-corrected chi connectivity index (χ3v) is 5.79. The van der Waals surface area contributed by atoms with Crippen molar-refractivity contribution >= 4 is 16.7 Å². The Labute approximate surface area is 177 Å². The highest BCUT2D eigenvalue weighted by Gasteiger charge is 2.22. The van der Waals surface area contributed by atoms with Crippen LogP contribution in [0.4, 0.5) is 0 Å². The summed E-state index contributed by atoms with van der Waals surface area (Å²) >= 11 is 0. The van der Waals surface area contributed by atoms with Gasteiger partial charge in [-0.3, -0.25) is 0 Å². The second-order valence-electron chi connectivity index (χ2n) is 8.12. The average molecular weight is 407 g/mol. The molecule has 3 heterocycles. The number of methoxy groups -OCH3 is 2. The summed E-state index contributed by atoms with van der Waals surface area (Å²) in [6, 6.07) is 6.62. The average Bonchev–Trinajstić information content (AvgIpc) is 3.18. The van der Waals surface area contributed by atoms with Crippen molar-refractivity contribution in [3.05, 3.63) is 52.0 Å². The Balaban J connectivity index is 2.09. The van der Waals surface area contributed by atoms with Crippen molar-refractivity contribution in [2.75, 3.05) is 20.8 Å². The van der Waals surface area contributed by atoms with E-state index in [-0.39, 0.29) is 0 Å². The number of aryl methyl sites for hydroxylation is 5. The molecule has 0 fully saturated rings. The van der Waals surface area contributed by atoms with Crippen molar-refractivity contribution in [3.8, 4) is 11.1 Å². The van der Waals surface area contributed by atoms with Gasteiger partial charge in [-0.2, -0.15) is 9.61 Å². The molecule has 0 aliphatic rings. The van der Waals surface area contributed by atoms with Crippen LogP contribution < -0.4 is 0 Å². The Kier molecular flexibility index (Phi) is 5.38. The van der Waals surface area contributed by atoms with Crippen molar-refractivity contribution in [2.24, 2.45) is 0 Å². The second-order valence-corrected chi connectivity index (χ2v) is 8.12. The van der Waals surface area contributed by atoms with Crippen LogP contribution >= 0.6 is 0 Å². The van der Waals surface area contributed by atoms with Crippen LogP contribution in [-0.2, 0) is 22.6 Å². The molecular formula is C24H30N4O2. The zero-order valence-electron chi connectivity index (χ0n) is 19.0. The van der Waals surface area contributed by atoms with Crippen LogP contribution in [0.3, 0.4) is 0 Å². The summed E-state index contributed by atoms with van der Waals surface area (Å²) in [5.41, 5.74) is 11.1. The molecule has 4 rings (SSSR count). The van der Waals surface area contributed by atoms with Gasteiger partial charge in [0.15, 0.2) is 5.65 Å². The first-order chi connectivity index (χ1) is 14.4. The SMILES string of the molecule is COCCn1c(COC)cc2c(C)nc3c(-c4c(C)cc(C)cc4C)c(C)nn3c21. The fraction of sp³-hybridized carbons (Fsp3) is 0.417. The van der Waals surface area contributed by atoms with E-state index in [2.05, 4.69) is 57.4 Å². The van der Waals surface area contributed by atoms with Crippen LogP contribution in [0.25, 0.3) is 27.8 Å². The summed E-state index contributed by atoms with van der Waals surface area (Å²) in [4.78, 5) is 5.02. The van der Waals surface area contributed by atoms with E-state index in [1.807, 2.05) is 4.52 Å². The lowest BCUT2D eigenvalue weighted by atomic mass is 9.94. The van der Waals surface area contributed by atoms with E-state index in [4.69, 9.17) is 19.6 Å². The number of hydrogen-bond acceptors (Lipinski definition) is 4. The van der Waals surface area contributed by atoms with Gasteiger partial charge in [0.1, 0.15) is 5.65 Å². The predicted octanol–water partition coefficient (Wildman–Crippen LogP) is 4.69. The normalized spacial score (nSPS) is 11.8. The number of nitrogens with zero attached hydrogens (tertiary/aromatic N) is 4. The van der Waals surface area contributed by atoms with E-state index in [0.717, 1.165) is 45.9 Å². The minimum absolute atomic E-state index is 0.530. The summed E-state index contributed by atoms with van der Waals surface area (Å²) in [6.45, 7) is 12.5. The zero-order valence-corrected chi connectivity index (χ0v) is 19.0. The molecule has 6 heteroatoms. The van der Waals surface area contributed by atoms with E-state index >= 15 is 0 Å². The molecule has 0 N–H and O–H groups in total. The molecule has 0 unspecified atom stereocenters. The van der Waals surface area contributed by atoms with Crippen molar-refractivity contribution in [3.63, 3.8) is 0 Å². The highest BCUT2D eigenvalue weighted by Crippen LogP contribution is 2.35. The first-order valence-corrected chi connectivity index (χ1v) is 10.3. The maximum absolute atomic E-state index is 5.46. The molecule has 0 saturated heterocycles. The fourth-order valence-electron chi connectivity index (χ4n) is 4.64. The number of fused-ring (bicyclic) bond motifs is 3. The lowest BCUT2D eigenvalue weighted by molar-refractivity contribution is 0.167. The van der Waals surface area contributed by atoms with Gasteiger partial charge in [0.2, 0.25) is 0 Å². The van der Waals surface area contributed by atoms with Crippen LogP contribution in [0.5, 0.6) is 0 Å². The third kappa shape index (κ3) is 3.20. The molecule has 3 aromatic heterocycles. The molecule has 4 aromatic rings. The molecule has 0 spiro atoms. The maximum Gasteiger partial charge on any atom is 0.165 e. The van der Waals surface area contributed by atoms with Crippen LogP contribution in [0.2, 0.25) is 0 Å². The standard InChI is InChI=1S/C24H30N4O2/c1-14-10-15(2)21(16(3)11-14)22-18(5)26-28-23(22)25-17(4)20-12-19(13-30-7)27(24(20)28)8-9-29-6/h10-12H,8-9,13H2,1-7H3. The molecule has 0 amide bonds. The fourth-order valence-corrected chi connectivity index (χ4v) is 4.64. The van der Waals surface area contributed by atoms with Crippen LogP contribution in [-0.4, -0.2) is 40.0 Å². The third-order valence-electron chi connectivity index (χ3n) is 5.79. The molecule has 0 aliphatic carbocycles. The topological polar surface area (TPSA) is 53.6 Å². The second kappa shape index (κ2) is 7.85. The highest BCUT2D eigenvalue weighted by atomic mass is 16.5. The lowest BCUT2D eigenvalue weighted by Crippen LogP contribution is -2.11. The molecule has 0 atom stereocenters. The van der Waals surface area contributed by atoms with Crippen LogP contribution in [0.1, 0.15) is 33.8 Å². The van der Waals surface area contributed by atoms with Gasteiger partial charge < -0.3 is 14.0 Å². The summed E-state index contributed by atoms with van der Waals surface area (Å²) in [5.74, 6) is 0. The first kappa shape index (κ1) is 20.6. The van der Waals surface area contributed by atoms with Crippen molar-refractivity contribution < 1.29 is 9.47 Å². The minimum atomic E-state index is 0.530. The van der Waals surface area contributed by atoms with Crippen molar-refractivity contribution in [2.45, 2.75) is 47.8 Å². The molecule has 158 valence electrons. The number of benzene rings is 1. The Bertz CT molecular complexity index is 1230. The minimum Gasteiger partial charge on any atom is -0.383 e. The van der Waals surface area contributed by atoms with E-state index in [9.17, 15) is 0 Å². The lowest BCUT2D eigenvalue weighted by Gasteiger charge is -2.12.